The summed E-state index contributed by atoms with van der Waals surface area (Å²) in [5.41, 5.74) is 1.77. The fraction of sp³-hybridized carbons (Fsp3) is 0.0667. The third-order valence-corrected chi connectivity index (χ3v) is 2.79. The number of nitrogens with zero attached hydrogens (tertiary/aromatic N) is 1. The lowest BCUT2D eigenvalue weighted by atomic mass is 10.0. The molecule has 0 amide bonds. The molecular formula is C15H11NO3. The number of oxime groups is 1. The quantitative estimate of drug-likeness (QED) is 0.610. The van der Waals surface area contributed by atoms with Crippen molar-refractivity contribution in [3.05, 3.63) is 65.1 Å². The standard InChI is InChI=1S/C15H11NO3/c1-10-7-8-12(18-10)9-13-14(16-19-15(13)17)11-5-3-2-4-6-11/h2-9H,1H3/b13-9-. The van der Waals surface area contributed by atoms with Gasteiger partial charge in [-0.15, -0.1) is 0 Å². The molecule has 1 aliphatic heterocycles. The van der Waals surface area contributed by atoms with E-state index in [4.69, 9.17) is 9.25 Å². The molecule has 3 rings (SSSR count). The third-order valence-electron chi connectivity index (χ3n) is 2.79. The lowest BCUT2D eigenvalue weighted by Gasteiger charge is -1.98. The predicted octanol–water partition coefficient (Wildman–Crippen LogP) is 2.93. The second kappa shape index (κ2) is 4.57. The van der Waals surface area contributed by atoms with Crippen LogP contribution in [0.4, 0.5) is 0 Å². The van der Waals surface area contributed by atoms with Gasteiger partial charge in [-0.3, -0.25) is 0 Å². The maximum absolute atomic E-state index is 11.7. The van der Waals surface area contributed by atoms with Crippen LogP contribution in [0.1, 0.15) is 17.1 Å². The minimum absolute atomic E-state index is 0.403. The van der Waals surface area contributed by atoms with E-state index in [0.717, 1.165) is 11.3 Å². The van der Waals surface area contributed by atoms with Gasteiger partial charge in [0.1, 0.15) is 17.2 Å². The van der Waals surface area contributed by atoms with Crippen LogP contribution in [0.15, 0.2) is 57.6 Å². The van der Waals surface area contributed by atoms with E-state index in [9.17, 15) is 4.79 Å². The highest BCUT2D eigenvalue weighted by molar-refractivity contribution is 6.31. The molecule has 2 heterocycles. The first kappa shape index (κ1) is 11.5. The lowest BCUT2D eigenvalue weighted by Crippen LogP contribution is -2.06. The minimum atomic E-state index is -0.465. The van der Waals surface area contributed by atoms with Crippen LogP contribution < -0.4 is 0 Å². The summed E-state index contributed by atoms with van der Waals surface area (Å²) >= 11 is 0. The van der Waals surface area contributed by atoms with Crippen molar-refractivity contribution in [2.75, 3.05) is 0 Å². The molecule has 1 aromatic carbocycles. The Morgan fingerprint density at radius 3 is 2.58 bits per heavy atom. The molecule has 0 N–H and O–H groups in total. The molecule has 0 saturated heterocycles. The van der Waals surface area contributed by atoms with Crippen LogP contribution >= 0.6 is 0 Å². The summed E-state index contributed by atoms with van der Waals surface area (Å²) in [6.07, 6.45) is 1.65. The van der Waals surface area contributed by atoms with E-state index in [-0.39, 0.29) is 0 Å². The first-order chi connectivity index (χ1) is 9.24. The second-order valence-corrected chi connectivity index (χ2v) is 4.19. The predicted molar refractivity (Wildman–Crippen MR) is 70.5 cm³/mol. The number of hydrogen-bond donors (Lipinski definition) is 0. The largest absolute Gasteiger partial charge is 0.462 e. The summed E-state index contributed by atoms with van der Waals surface area (Å²) in [7, 11) is 0. The zero-order valence-electron chi connectivity index (χ0n) is 10.3. The molecule has 4 nitrogen and oxygen atoms in total. The van der Waals surface area contributed by atoms with Crippen molar-refractivity contribution in [2.45, 2.75) is 6.92 Å². The smallest absolute Gasteiger partial charge is 0.368 e. The average molecular weight is 253 g/mol. The Morgan fingerprint density at radius 2 is 1.89 bits per heavy atom. The third kappa shape index (κ3) is 2.20. The normalized spacial score (nSPS) is 16.6. The van der Waals surface area contributed by atoms with Crippen molar-refractivity contribution in [3.8, 4) is 0 Å². The Hall–Kier alpha value is -2.62. The van der Waals surface area contributed by atoms with E-state index >= 15 is 0 Å². The molecule has 1 aromatic heterocycles. The van der Waals surface area contributed by atoms with Crippen molar-refractivity contribution in [3.63, 3.8) is 0 Å². The number of hydrogen-bond acceptors (Lipinski definition) is 4. The summed E-state index contributed by atoms with van der Waals surface area (Å²) < 4.78 is 5.44. The van der Waals surface area contributed by atoms with Gasteiger partial charge in [-0.1, -0.05) is 35.5 Å². The molecule has 0 fully saturated rings. The van der Waals surface area contributed by atoms with Crippen molar-refractivity contribution in [1.29, 1.82) is 0 Å². The molecule has 0 radical (unpaired) electrons. The van der Waals surface area contributed by atoms with Crippen LogP contribution in [0.5, 0.6) is 0 Å². The first-order valence-corrected chi connectivity index (χ1v) is 5.87. The van der Waals surface area contributed by atoms with Crippen molar-refractivity contribution in [1.82, 2.24) is 0 Å². The maximum atomic E-state index is 11.7. The van der Waals surface area contributed by atoms with Gasteiger partial charge in [0.25, 0.3) is 0 Å². The highest BCUT2D eigenvalue weighted by Crippen LogP contribution is 2.21. The Labute approximate surface area is 110 Å². The molecule has 0 spiro atoms. The number of furan rings is 1. The van der Waals surface area contributed by atoms with Crippen molar-refractivity contribution < 1.29 is 14.0 Å². The Morgan fingerprint density at radius 1 is 1.11 bits per heavy atom. The summed E-state index contributed by atoms with van der Waals surface area (Å²) in [6.45, 7) is 1.85. The zero-order valence-corrected chi connectivity index (χ0v) is 10.3. The number of carbonyl (C=O) groups excluding carboxylic acids is 1. The molecule has 0 atom stereocenters. The molecule has 2 aromatic rings. The molecule has 0 bridgehead atoms. The molecule has 0 saturated carbocycles. The summed E-state index contributed by atoms with van der Waals surface area (Å²) in [6, 6.07) is 13.1. The van der Waals surface area contributed by atoms with Crippen LogP contribution in [0, 0.1) is 6.92 Å². The second-order valence-electron chi connectivity index (χ2n) is 4.19. The van der Waals surface area contributed by atoms with Crippen LogP contribution in [-0.4, -0.2) is 11.7 Å². The number of benzene rings is 1. The van der Waals surface area contributed by atoms with E-state index in [2.05, 4.69) is 5.16 Å². The fourth-order valence-corrected chi connectivity index (χ4v) is 1.89. The van der Waals surface area contributed by atoms with E-state index in [1.807, 2.05) is 43.3 Å². The molecule has 94 valence electrons. The van der Waals surface area contributed by atoms with Gasteiger partial charge in [-0.05, 0) is 25.1 Å². The van der Waals surface area contributed by atoms with Gasteiger partial charge in [0.2, 0.25) is 0 Å². The van der Waals surface area contributed by atoms with Gasteiger partial charge in [-0.2, -0.15) is 0 Å². The van der Waals surface area contributed by atoms with Crippen molar-refractivity contribution in [2.24, 2.45) is 5.16 Å². The van der Waals surface area contributed by atoms with Gasteiger partial charge in [0, 0.05) is 5.56 Å². The highest BCUT2D eigenvalue weighted by Gasteiger charge is 2.27. The van der Waals surface area contributed by atoms with Gasteiger partial charge >= 0.3 is 5.97 Å². The minimum Gasteiger partial charge on any atom is -0.462 e. The molecule has 0 aliphatic carbocycles. The Kier molecular flexibility index (Phi) is 2.76. The van der Waals surface area contributed by atoms with Crippen LogP contribution in [-0.2, 0) is 9.63 Å². The van der Waals surface area contributed by atoms with Gasteiger partial charge in [0.15, 0.2) is 0 Å². The maximum Gasteiger partial charge on any atom is 0.368 e. The monoisotopic (exact) mass is 253 g/mol. The topological polar surface area (TPSA) is 51.8 Å². The molecule has 19 heavy (non-hydrogen) atoms. The summed E-state index contributed by atoms with van der Waals surface area (Å²) in [5.74, 6) is 0.930. The molecule has 1 aliphatic rings. The number of aryl methyl sites for hydroxylation is 1. The number of rotatable bonds is 2. The Bertz CT molecular complexity index is 680. The SMILES string of the molecule is Cc1ccc(/C=C2\C(=O)ON=C2c2ccccc2)o1. The van der Waals surface area contributed by atoms with Gasteiger partial charge < -0.3 is 9.25 Å². The zero-order chi connectivity index (χ0) is 13.2. The van der Waals surface area contributed by atoms with E-state index in [1.165, 1.54) is 0 Å². The average Bonchev–Trinajstić information content (AvgIpc) is 2.99. The lowest BCUT2D eigenvalue weighted by molar-refractivity contribution is -0.136. The van der Waals surface area contributed by atoms with Gasteiger partial charge in [-0.25, -0.2) is 4.79 Å². The summed E-state index contributed by atoms with van der Waals surface area (Å²) in [5, 5.41) is 3.83. The van der Waals surface area contributed by atoms with E-state index in [0.29, 0.717) is 17.0 Å². The van der Waals surface area contributed by atoms with Crippen LogP contribution in [0.3, 0.4) is 0 Å². The Balaban J connectivity index is 2.01. The molecule has 0 unspecified atom stereocenters. The fourth-order valence-electron chi connectivity index (χ4n) is 1.89. The molecule has 4 heteroatoms. The molecular weight excluding hydrogens is 242 g/mol. The first-order valence-electron chi connectivity index (χ1n) is 5.87. The van der Waals surface area contributed by atoms with Crippen molar-refractivity contribution >= 4 is 17.8 Å². The van der Waals surface area contributed by atoms with E-state index < -0.39 is 5.97 Å². The van der Waals surface area contributed by atoms with Crippen LogP contribution in [0.2, 0.25) is 0 Å². The van der Waals surface area contributed by atoms with Crippen LogP contribution in [0.25, 0.3) is 6.08 Å². The number of carbonyl (C=O) groups is 1. The van der Waals surface area contributed by atoms with Gasteiger partial charge in [0.05, 0.1) is 5.57 Å². The summed E-state index contributed by atoms with van der Waals surface area (Å²) in [4.78, 5) is 16.5. The highest BCUT2D eigenvalue weighted by atomic mass is 16.7. The van der Waals surface area contributed by atoms with E-state index in [1.54, 1.807) is 12.1 Å².